The molecule has 1 rings (SSSR count). The Labute approximate surface area is 83.0 Å². The van der Waals surface area contributed by atoms with E-state index in [2.05, 4.69) is 0 Å². The van der Waals surface area contributed by atoms with Gasteiger partial charge >= 0.3 is 0 Å². The Kier molecular flexibility index (Phi) is 2.94. The third-order valence-electron chi connectivity index (χ3n) is 1.86. The van der Waals surface area contributed by atoms with Crippen LogP contribution in [0.5, 0.6) is 0 Å². The summed E-state index contributed by atoms with van der Waals surface area (Å²) in [6.07, 6.45) is 2.70. The average Bonchev–Trinajstić information content (AvgIpc) is 2.18. The zero-order valence-corrected chi connectivity index (χ0v) is 7.74. The number of hydrogen-bond acceptors (Lipinski definition) is 4. The largest absolute Gasteiger partial charge is 0.542 e. The molecule has 1 aromatic carbocycles. The van der Waals surface area contributed by atoms with Gasteiger partial charge in [-0.15, -0.1) is 0 Å². The molecule has 0 aliphatic rings. The Morgan fingerprint density at radius 3 is 2.20 bits per heavy atom. The Morgan fingerprint density at radius 2 is 1.80 bits per heavy atom. The van der Waals surface area contributed by atoms with Gasteiger partial charge in [0.2, 0.25) is 10.9 Å². The molecule has 15 heavy (non-hydrogen) atoms. The molecular formula is C10H6FO4-. The van der Waals surface area contributed by atoms with Gasteiger partial charge in [-0.3, -0.25) is 9.59 Å². The topological polar surface area (TPSA) is 74.3 Å². The molecule has 0 aromatic heterocycles. The first-order valence-electron chi connectivity index (χ1n) is 4.03. The van der Waals surface area contributed by atoms with Gasteiger partial charge in [-0.25, -0.2) is 4.39 Å². The molecule has 5 heteroatoms. The Hall–Kier alpha value is -2.04. The van der Waals surface area contributed by atoms with E-state index >= 15 is 0 Å². The maximum Gasteiger partial charge on any atom is 0.200 e. The lowest BCUT2D eigenvalue weighted by atomic mass is 10.1. The van der Waals surface area contributed by atoms with Crippen LogP contribution < -0.4 is 26.4 Å². The smallest absolute Gasteiger partial charge is 0.200 e. The molecule has 0 heterocycles. The van der Waals surface area contributed by atoms with Crippen LogP contribution in [0.2, 0.25) is 0 Å². The molecule has 0 saturated carbocycles. The van der Waals surface area contributed by atoms with Gasteiger partial charge in [-0.2, -0.15) is 0 Å². The van der Waals surface area contributed by atoms with E-state index in [1.54, 1.807) is 0 Å². The van der Waals surface area contributed by atoms with Crippen molar-refractivity contribution in [3.8, 4) is 0 Å². The van der Waals surface area contributed by atoms with Crippen LogP contribution in [0.3, 0.4) is 0 Å². The van der Waals surface area contributed by atoms with Gasteiger partial charge in [0.1, 0.15) is 11.8 Å². The molecule has 0 aliphatic heterocycles. The van der Waals surface area contributed by atoms with Crippen molar-refractivity contribution < 1.29 is 14.3 Å². The summed E-state index contributed by atoms with van der Waals surface area (Å²) in [5.41, 5.74) is -1.02. The number of carbonyl (C=O) groups excluding carboxylic acids is 1. The summed E-state index contributed by atoms with van der Waals surface area (Å²) in [4.78, 5) is 32.2. The highest BCUT2D eigenvalue weighted by Crippen LogP contribution is 1.92. The molecular weight excluding hydrogens is 203 g/mol. The summed E-state index contributed by atoms with van der Waals surface area (Å²) in [5, 5.41) is 9.75. The van der Waals surface area contributed by atoms with Gasteiger partial charge in [-0.1, -0.05) is 6.08 Å². The van der Waals surface area contributed by atoms with E-state index in [4.69, 9.17) is 0 Å². The second kappa shape index (κ2) is 4.00. The van der Waals surface area contributed by atoms with Gasteiger partial charge in [0.15, 0.2) is 0 Å². The summed E-state index contributed by atoms with van der Waals surface area (Å²) >= 11 is 0. The average molecular weight is 209 g/mol. The molecule has 0 radical (unpaired) electrons. The lowest BCUT2D eigenvalue weighted by Crippen LogP contribution is -2.64. The van der Waals surface area contributed by atoms with Crippen molar-refractivity contribution in [2.45, 2.75) is 6.92 Å². The Morgan fingerprint density at radius 1 is 1.27 bits per heavy atom. The highest BCUT2D eigenvalue weighted by molar-refractivity contribution is 5.83. The number of carboxylic acid groups (broad SMARTS) is 1. The molecule has 0 spiro atoms. The summed E-state index contributed by atoms with van der Waals surface area (Å²) in [6, 6.07) is 0. The molecule has 0 saturated heterocycles. The van der Waals surface area contributed by atoms with E-state index in [1.165, 1.54) is 13.0 Å². The van der Waals surface area contributed by atoms with Crippen LogP contribution in [0.1, 0.15) is 6.92 Å². The molecule has 78 valence electrons. The molecule has 0 fully saturated rings. The fraction of sp³-hybridized carbons (Fsp3) is 0.100. The van der Waals surface area contributed by atoms with E-state index in [0.717, 1.165) is 6.08 Å². The van der Waals surface area contributed by atoms with E-state index in [1.807, 2.05) is 0 Å². The number of carbonyl (C=O) groups is 1. The van der Waals surface area contributed by atoms with Gasteiger partial charge in [0.25, 0.3) is 0 Å². The Bertz CT molecular complexity index is 583. The van der Waals surface area contributed by atoms with Crippen molar-refractivity contribution in [2.24, 2.45) is 0 Å². The highest BCUT2D eigenvalue weighted by atomic mass is 19.1. The maximum atomic E-state index is 12.4. The maximum absolute atomic E-state index is 12.4. The molecule has 1 aromatic rings. The fourth-order valence-corrected chi connectivity index (χ4v) is 1.07. The highest BCUT2D eigenvalue weighted by Gasteiger charge is 2.05. The molecule has 0 aliphatic carbocycles. The SMILES string of the molecule is CC=c1c(=O)c(=CC=C(F)C(=O)[O-])c1=O. The van der Waals surface area contributed by atoms with Gasteiger partial charge < -0.3 is 9.90 Å². The summed E-state index contributed by atoms with van der Waals surface area (Å²) < 4.78 is 12.4. The van der Waals surface area contributed by atoms with Crippen LogP contribution in [0.25, 0.3) is 12.2 Å². The second-order valence-electron chi connectivity index (χ2n) is 2.74. The third-order valence-corrected chi connectivity index (χ3v) is 1.86. The zero-order valence-electron chi connectivity index (χ0n) is 7.74. The van der Waals surface area contributed by atoms with Crippen molar-refractivity contribution in [1.82, 2.24) is 0 Å². The van der Waals surface area contributed by atoms with Crippen LogP contribution in [0.15, 0.2) is 21.5 Å². The number of carboxylic acids is 1. The second-order valence-corrected chi connectivity index (χ2v) is 2.74. The van der Waals surface area contributed by atoms with Crippen LogP contribution in [0, 0.1) is 0 Å². The number of aliphatic carboxylic acids is 1. The monoisotopic (exact) mass is 209 g/mol. The summed E-state index contributed by atoms with van der Waals surface area (Å²) in [5.74, 6) is -3.52. The summed E-state index contributed by atoms with van der Waals surface area (Å²) in [7, 11) is 0. The molecule has 4 nitrogen and oxygen atoms in total. The van der Waals surface area contributed by atoms with E-state index < -0.39 is 22.7 Å². The quantitative estimate of drug-likeness (QED) is 0.503. The minimum atomic E-state index is -1.99. The predicted octanol–water partition coefficient (Wildman–Crippen LogP) is -2.53. The minimum absolute atomic E-state index is 0.0310. The van der Waals surface area contributed by atoms with Crippen LogP contribution in [-0.2, 0) is 4.79 Å². The standard InChI is InChI=1S/C10H7FO4/c1-2-5-8(12)6(9(5)13)3-4-7(11)10(14)15/h2-4H,1H3,(H,14,15)/p-1. The number of allylic oxidation sites excluding steroid dienone is 1. The lowest BCUT2D eigenvalue weighted by Gasteiger charge is -1.94. The minimum Gasteiger partial charge on any atom is -0.542 e. The lowest BCUT2D eigenvalue weighted by molar-refractivity contribution is -0.301. The molecule has 0 unspecified atom stereocenters. The van der Waals surface area contributed by atoms with Crippen molar-refractivity contribution >= 4 is 18.1 Å². The first-order valence-corrected chi connectivity index (χ1v) is 4.03. The molecule has 0 N–H and O–H groups in total. The normalized spacial score (nSPS) is 11.5. The van der Waals surface area contributed by atoms with Crippen molar-refractivity contribution in [3.63, 3.8) is 0 Å². The molecule has 0 bridgehead atoms. The van der Waals surface area contributed by atoms with Crippen LogP contribution in [-0.4, -0.2) is 5.97 Å². The fourth-order valence-electron chi connectivity index (χ4n) is 1.07. The number of rotatable bonds is 2. The third kappa shape index (κ3) is 1.90. The van der Waals surface area contributed by atoms with E-state index in [-0.39, 0.29) is 10.4 Å². The zero-order chi connectivity index (χ0) is 11.6. The molecule has 0 atom stereocenters. The first kappa shape index (κ1) is 11.0. The first-order chi connectivity index (χ1) is 6.99. The Balaban J connectivity index is 3.28. The van der Waals surface area contributed by atoms with Gasteiger partial charge in [0, 0.05) is 0 Å². The van der Waals surface area contributed by atoms with Crippen LogP contribution in [0.4, 0.5) is 4.39 Å². The van der Waals surface area contributed by atoms with Crippen LogP contribution >= 0.6 is 0 Å². The number of halogens is 1. The summed E-state index contributed by atoms with van der Waals surface area (Å²) in [6.45, 7) is 1.53. The van der Waals surface area contributed by atoms with E-state index in [0.29, 0.717) is 6.08 Å². The predicted molar refractivity (Wildman–Crippen MR) is 49.4 cm³/mol. The number of hydrogen-bond donors (Lipinski definition) is 0. The van der Waals surface area contributed by atoms with Gasteiger partial charge in [-0.05, 0) is 19.1 Å². The van der Waals surface area contributed by atoms with E-state index in [9.17, 15) is 23.9 Å². The van der Waals surface area contributed by atoms with Crippen molar-refractivity contribution in [3.05, 3.63) is 42.8 Å². The molecule has 0 amide bonds. The van der Waals surface area contributed by atoms with Crippen molar-refractivity contribution in [1.29, 1.82) is 0 Å². The van der Waals surface area contributed by atoms with Crippen molar-refractivity contribution in [2.75, 3.05) is 0 Å². The van der Waals surface area contributed by atoms with Gasteiger partial charge in [0.05, 0.1) is 10.4 Å².